The van der Waals surface area contributed by atoms with Gasteiger partial charge >= 0.3 is 6.18 Å². The number of hydrogen-bond donors (Lipinski definition) is 1. The van der Waals surface area contributed by atoms with Gasteiger partial charge in [-0.2, -0.15) is 17.5 Å². The van der Waals surface area contributed by atoms with Crippen molar-refractivity contribution < 1.29 is 26.4 Å². The zero-order valence-corrected chi connectivity index (χ0v) is 19.1. The van der Waals surface area contributed by atoms with Crippen LogP contribution in [0.3, 0.4) is 0 Å². The molecule has 1 aliphatic rings. The van der Waals surface area contributed by atoms with Gasteiger partial charge in [0.15, 0.2) is 0 Å². The SMILES string of the molecule is Cc1ccc(C)c(S(=O)(=O)N2CCN(CC(=O)Nc3ccc(Cl)c(C(F)(F)F)c3)CC2)c1. The molecule has 1 N–H and O–H groups in total. The standard InChI is InChI=1S/C21H23ClF3N3O3S/c1-14-3-4-15(2)19(11-14)32(30,31)28-9-7-27(8-10-28)13-20(29)26-16-5-6-18(22)17(12-16)21(23,24)25/h3-6,11-12H,7-10,13H2,1-2H3,(H,26,29). The molecule has 6 nitrogen and oxygen atoms in total. The van der Waals surface area contributed by atoms with Crippen molar-refractivity contribution in [2.75, 3.05) is 38.0 Å². The number of amides is 1. The van der Waals surface area contributed by atoms with Crippen molar-refractivity contribution in [1.29, 1.82) is 0 Å². The lowest BCUT2D eigenvalue weighted by atomic mass is 10.2. The third-order valence-electron chi connectivity index (χ3n) is 5.22. The molecule has 174 valence electrons. The zero-order valence-electron chi connectivity index (χ0n) is 17.5. The van der Waals surface area contributed by atoms with E-state index in [1.165, 1.54) is 10.4 Å². The second-order valence-corrected chi connectivity index (χ2v) is 10.0. The maximum atomic E-state index is 13.0. The molecule has 2 aromatic rings. The van der Waals surface area contributed by atoms with Crippen LogP contribution in [0.4, 0.5) is 18.9 Å². The summed E-state index contributed by atoms with van der Waals surface area (Å²) in [6, 6.07) is 8.43. The van der Waals surface area contributed by atoms with Crippen molar-refractivity contribution >= 4 is 33.2 Å². The summed E-state index contributed by atoms with van der Waals surface area (Å²) < 4.78 is 66.3. The Balaban J connectivity index is 1.59. The Bertz CT molecular complexity index is 1120. The van der Waals surface area contributed by atoms with Gasteiger partial charge in [0.2, 0.25) is 15.9 Å². The molecule has 0 unspecified atom stereocenters. The molecule has 0 saturated carbocycles. The highest BCUT2D eigenvalue weighted by molar-refractivity contribution is 7.89. The van der Waals surface area contributed by atoms with Gasteiger partial charge in [0.05, 0.1) is 22.0 Å². The van der Waals surface area contributed by atoms with Gasteiger partial charge in [-0.3, -0.25) is 9.69 Å². The molecule has 1 aliphatic heterocycles. The van der Waals surface area contributed by atoms with E-state index in [9.17, 15) is 26.4 Å². The molecular weight excluding hydrogens is 467 g/mol. The van der Waals surface area contributed by atoms with Crippen molar-refractivity contribution in [3.05, 3.63) is 58.1 Å². The number of benzene rings is 2. The van der Waals surface area contributed by atoms with E-state index in [1.807, 2.05) is 13.0 Å². The van der Waals surface area contributed by atoms with Crippen molar-refractivity contribution in [2.45, 2.75) is 24.9 Å². The van der Waals surface area contributed by atoms with Gasteiger partial charge in [-0.05, 0) is 49.2 Å². The lowest BCUT2D eigenvalue weighted by Gasteiger charge is -2.33. The van der Waals surface area contributed by atoms with Crippen LogP contribution in [-0.4, -0.2) is 56.3 Å². The highest BCUT2D eigenvalue weighted by atomic mass is 35.5. The van der Waals surface area contributed by atoms with E-state index in [1.54, 1.807) is 24.0 Å². The quantitative estimate of drug-likeness (QED) is 0.691. The van der Waals surface area contributed by atoms with E-state index < -0.39 is 32.7 Å². The summed E-state index contributed by atoms with van der Waals surface area (Å²) in [6.07, 6.45) is -4.63. The lowest BCUT2D eigenvalue weighted by molar-refractivity contribution is -0.137. The first-order valence-electron chi connectivity index (χ1n) is 9.84. The molecule has 0 radical (unpaired) electrons. The minimum absolute atomic E-state index is 0.0112. The fraction of sp³-hybridized carbons (Fsp3) is 0.381. The number of alkyl halides is 3. The average Bonchev–Trinajstić information content (AvgIpc) is 2.70. The van der Waals surface area contributed by atoms with Crippen LogP contribution in [0.5, 0.6) is 0 Å². The van der Waals surface area contributed by atoms with Crippen molar-refractivity contribution in [3.63, 3.8) is 0 Å². The second-order valence-electron chi connectivity index (χ2n) is 7.69. The Hall–Kier alpha value is -2.14. The number of nitrogens with zero attached hydrogens (tertiary/aromatic N) is 2. The van der Waals surface area contributed by atoms with Gasteiger partial charge < -0.3 is 5.32 Å². The molecule has 2 aromatic carbocycles. The van der Waals surface area contributed by atoms with Gasteiger partial charge in [0.25, 0.3) is 0 Å². The Kier molecular flexibility index (Phi) is 7.18. The Morgan fingerprint density at radius 1 is 1.06 bits per heavy atom. The van der Waals surface area contributed by atoms with Crippen LogP contribution >= 0.6 is 11.6 Å². The molecular formula is C21H23ClF3N3O3S. The van der Waals surface area contributed by atoms with Crippen LogP contribution < -0.4 is 5.32 Å². The predicted octanol–water partition coefficient (Wildman–Crippen LogP) is 3.92. The lowest BCUT2D eigenvalue weighted by Crippen LogP contribution is -2.50. The highest BCUT2D eigenvalue weighted by Crippen LogP contribution is 2.36. The predicted molar refractivity (Wildman–Crippen MR) is 116 cm³/mol. The fourth-order valence-corrected chi connectivity index (χ4v) is 5.43. The highest BCUT2D eigenvalue weighted by Gasteiger charge is 2.34. The van der Waals surface area contributed by atoms with Crippen molar-refractivity contribution in [1.82, 2.24) is 9.21 Å². The van der Waals surface area contributed by atoms with Gasteiger partial charge in [0, 0.05) is 31.9 Å². The fourth-order valence-electron chi connectivity index (χ4n) is 3.48. The largest absolute Gasteiger partial charge is 0.417 e. The first-order valence-corrected chi connectivity index (χ1v) is 11.7. The van der Waals surface area contributed by atoms with Crippen LogP contribution in [0.1, 0.15) is 16.7 Å². The number of sulfonamides is 1. The molecule has 0 aliphatic carbocycles. The summed E-state index contributed by atoms with van der Waals surface area (Å²) in [7, 11) is -3.65. The monoisotopic (exact) mass is 489 g/mol. The van der Waals surface area contributed by atoms with Crippen LogP contribution in [0.25, 0.3) is 0 Å². The third kappa shape index (κ3) is 5.61. The smallest absolute Gasteiger partial charge is 0.325 e. The maximum absolute atomic E-state index is 13.0. The number of nitrogens with one attached hydrogen (secondary N) is 1. The molecule has 1 amide bonds. The third-order valence-corrected chi connectivity index (χ3v) is 7.59. The first-order chi connectivity index (χ1) is 14.9. The molecule has 0 aromatic heterocycles. The van der Waals surface area contributed by atoms with Crippen molar-refractivity contribution in [2.24, 2.45) is 0 Å². The van der Waals surface area contributed by atoms with Crippen LogP contribution in [0.2, 0.25) is 5.02 Å². The van der Waals surface area contributed by atoms with Gasteiger partial charge in [-0.25, -0.2) is 8.42 Å². The van der Waals surface area contributed by atoms with Gasteiger partial charge in [-0.1, -0.05) is 23.7 Å². The number of halogens is 4. The zero-order chi connectivity index (χ0) is 23.7. The van der Waals surface area contributed by atoms with E-state index in [-0.39, 0.29) is 30.2 Å². The van der Waals surface area contributed by atoms with E-state index in [2.05, 4.69) is 5.32 Å². The average molecular weight is 490 g/mol. The van der Waals surface area contributed by atoms with Gasteiger partial charge in [0.1, 0.15) is 0 Å². The molecule has 0 bridgehead atoms. The molecule has 32 heavy (non-hydrogen) atoms. The minimum atomic E-state index is -4.63. The molecule has 1 heterocycles. The summed E-state index contributed by atoms with van der Waals surface area (Å²) in [6.45, 7) is 4.57. The van der Waals surface area contributed by atoms with Crippen LogP contribution in [0.15, 0.2) is 41.3 Å². The van der Waals surface area contributed by atoms with E-state index in [0.29, 0.717) is 18.7 Å². The second kappa shape index (κ2) is 9.38. The summed E-state index contributed by atoms with van der Waals surface area (Å²) >= 11 is 5.59. The summed E-state index contributed by atoms with van der Waals surface area (Å²) in [5, 5.41) is 1.99. The molecule has 1 fully saturated rings. The topological polar surface area (TPSA) is 69.7 Å². The van der Waals surface area contributed by atoms with Crippen molar-refractivity contribution in [3.8, 4) is 0 Å². The summed E-state index contributed by atoms with van der Waals surface area (Å²) in [5.74, 6) is -0.494. The molecule has 0 spiro atoms. The molecule has 1 saturated heterocycles. The number of piperazine rings is 1. The number of rotatable bonds is 5. The molecule has 3 rings (SSSR count). The van der Waals surface area contributed by atoms with Crippen LogP contribution in [0, 0.1) is 13.8 Å². The van der Waals surface area contributed by atoms with E-state index >= 15 is 0 Å². The van der Waals surface area contributed by atoms with E-state index in [0.717, 1.165) is 17.7 Å². The minimum Gasteiger partial charge on any atom is -0.325 e. The normalized spacial score (nSPS) is 16.2. The Labute approximate surface area is 190 Å². The van der Waals surface area contributed by atoms with Gasteiger partial charge in [-0.15, -0.1) is 0 Å². The molecule has 11 heteroatoms. The number of hydrogen-bond acceptors (Lipinski definition) is 4. The number of aryl methyl sites for hydroxylation is 2. The van der Waals surface area contributed by atoms with E-state index in [4.69, 9.17) is 11.6 Å². The molecule has 0 atom stereocenters. The Morgan fingerprint density at radius 2 is 1.72 bits per heavy atom. The summed E-state index contributed by atoms with van der Waals surface area (Å²) in [4.78, 5) is 14.3. The number of carbonyl (C=O) groups is 1. The van der Waals surface area contributed by atoms with Crippen LogP contribution in [-0.2, 0) is 21.0 Å². The number of anilines is 1. The summed E-state index contributed by atoms with van der Waals surface area (Å²) in [5.41, 5.74) is 0.476. The Morgan fingerprint density at radius 3 is 2.34 bits per heavy atom. The number of carbonyl (C=O) groups excluding carboxylic acids is 1. The first kappa shape index (κ1) is 24.5. The maximum Gasteiger partial charge on any atom is 0.417 e.